The van der Waals surface area contributed by atoms with E-state index < -0.39 is 15.8 Å². The predicted molar refractivity (Wildman–Crippen MR) is 93.7 cm³/mol. The molecule has 5 nitrogen and oxygen atoms in total. The van der Waals surface area contributed by atoms with Gasteiger partial charge in [-0.1, -0.05) is 12.1 Å². The maximum Gasteiger partial charge on any atom is 0.242 e. The van der Waals surface area contributed by atoms with Crippen molar-refractivity contribution in [3.8, 4) is 0 Å². The zero-order valence-electron chi connectivity index (χ0n) is 14.3. The van der Waals surface area contributed by atoms with E-state index in [2.05, 4.69) is 5.32 Å². The molecule has 0 saturated carbocycles. The third-order valence-electron chi connectivity index (χ3n) is 3.80. The van der Waals surface area contributed by atoms with E-state index in [0.29, 0.717) is 6.42 Å². The minimum Gasteiger partial charge on any atom is -0.352 e. The summed E-state index contributed by atoms with van der Waals surface area (Å²) in [5, 5.41) is 2.70. The Labute approximate surface area is 151 Å². The smallest absolute Gasteiger partial charge is 0.242 e. The second-order valence-electron chi connectivity index (χ2n) is 5.79. The molecule has 0 fully saturated rings. The van der Waals surface area contributed by atoms with E-state index in [0.717, 1.165) is 22.0 Å². The maximum atomic E-state index is 12.9. The van der Waals surface area contributed by atoms with Crippen LogP contribution in [0.2, 0.25) is 0 Å². The zero-order valence-corrected chi connectivity index (χ0v) is 15.1. The average Bonchev–Trinajstić information content (AvgIpc) is 2.61. The van der Waals surface area contributed by atoms with E-state index >= 15 is 0 Å². The molecule has 0 heterocycles. The number of halogens is 2. The Bertz CT molecular complexity index is 838. The molecule has 2 rings (SSSR count). The van der Waals surface area contributed by atoms with Gasteiger partial charge in [-0.2, -0.15) is 0 Å². The van der Waals surface area contributed by atoms with Crippen molar-refractivity contribution in [2.45, 2.75) is 24.3 Å². The Morgan fingerprint density at radius 3 is 2.12 bits per heavy atom. The molecule has 0 saturated heterocycles. The summed E-state index contributed by atoms with van der Waals surface area (Å²) in [5.41, 5.74) is 0.774. The summed E-state index contributed by atoms with van der Waals surface area (Å²) in [6.07, 6.45) is 0.497. The minimum absolute atomic E-state index is 0.00200. The number of amides is 1. The van der Waals surface area contributed by atoms with Crippen molar-refractivity contribution in [3.05, 3.63) is 65.7 Å². The summed E-state index contributed by atoms with van der Waals surface area (Å²) in [6, 6.07) is 10.4. The number of nitrogens with one attached hydrogen (secondary N) is 1. The van der Waals surface area contributed by atoms with Crippen LogP contribution in [-0.4, -0.2) is 32.2 Å². The van der Waals surface area contributed by atoms with Crippen molar-refractivity contribution in [2.24, 2.45) is 0 Å². The molecule has 0 spiro atoms. The number of hydrogen-bond donors (Lipinski definition) is 1. The van der Waals surface area contributed by atoms with Gasteiger partial charge in [-0.25, -0.2) is 21.5 Å². The second-order valence-corrected chi connectivity index (χ2v) is 7.83. The highest BCUT2D eigenvalue weighted by molar-refractivity contribution is 7.89. The summed E-state index contributed by atoms with van der Waals surface area (Å²) < 4.78 is 51.5. The van der Waals surface area contributed by atoms with Gasteiger partial charge < -0.3 is 5.32 Å². The number of nitrogens with zero attached hydrogens (tertiary/aromatic N) is 1. The van der Waals surface area contributed by atoms with Crippen LogP contribution in [0.4, 0.5) is 8.78 Å². The van der Waals surface area contributed by atoms with Crippen molar-refractivity contribution in [3.63, 3.8) is 0 Å². The van der Waals surface area contributed by atoms with E-state index in [1.807, 2.05) is 0 Å². The van der Waals surface area contributed by atoms with Crippen LogP contribution in [0.25, 0.3) is 0 Å². The molecule has 0 radical (unpaired) electrons. The Hall–Kier alpha value is -2.32. The topological polar surface area (TPSA) is 66.5 Å². The quantitative estimate of drug-likeness (QED) is 0.763. The molecule has 1 amide bonds. The third-order valence-corrected chi connectivity index (χ3v) is 5.67. The van der Waals surface area contributed by atoms with Gasteiger partial charge in [0.15, 0.2) is 0 Å². The second kappa shape index (κ2) is 8.86. The van der Waals surface area contributed by atoms with E-state index in [-0.39, 0.29) is 36.1 Å². The fourth-order valence-corrected chi connectivity index (χ4v) is 3.47. The van der Waals surface area contributed by atoms with Gasteiger partial charge in [-0.3, -0.25) is 4.79 Å². The molecular formula is C18H20F2N2O3S. The van der Waals surface area contributed by atoms with Gasteiger partial charge in [0.05, 0.1) is 4.90 Å². The molecule has 1 N–H and O–H groups in total. The molecule has 0 atom stereocenters. The highest BCUT2D eigenvalue weighted by Crippen LogP contribution is 2.15. The number of rotatable bonds is 8. The van der Waals surface area contributed by atoms with Crippen LogP contribution in [0.15, 0.2) is 53.4 Å². The van der Waals surface area contributed by atoms with Crippen LogP contribution in [-0.2, 0) is 21.4 Å². The lowest BCUT2D eigenvalue weighted by molar-refractivity contribution is -0.121. The van der Waals surface area contributed by atoms with Crippen LogP contribution in [0.3, 0.4) is 0 Å². The number of benzene rings is 2. The number of carbonyl (C=O) groups excluding carboxylic acids is 1. The number of sulfonamides is 1. The Morgan fingerprint density at radius 2 is 1.54 bits per heavy atom. The zero-order chi connectivity index (χ0) is 19.2. The van der Waals surface area contributed by atoms with E-state index in [1.54, 1.807) is 12.1 Å². The van der Waals surface area contributed by atoms with E-state index in [4.69, 9.17) is 0 Å². The summed E-state index contributed by atoms with van der Waals surface area (Å²) in [6.45, 7) is 0.437. The Morgan fingerprint density at radius 1 is 1.00 bits per heavy atom. The number of carbonyl (C=O) groups is 1. The van der Waals surface area contributed by atoms with Crippen molar-refractivity contribution >= 4 is 15.9 Å². The first kappa shape index (κ1) is 20.0. The highest BCUT2D eigenvalue weighted by Gasteiger charge is 2.20. The van der Waals surface area contributed by atoms with Crippen molar-refractivity contribution in [2.75, 3.05) is 13.6 Å². The molecule has 0 aliphatic rings. The lowest BCUT2D eigenvalue weighted by Gasteiger charge is -2.17. The molecule has 0 unspecified atom stereocenters. The van der Waals surface area contributed by atoms with Crippen molar-refractivity contribution in [1.82, 2.24) is 9.62 Å². The molecule has 8 heteroatoms. The fourth-order valence-electron chi connectivity index (χ4n) is 2.26. The number of hydrogen-bond acceptors (Lipinski definition) is 3. The van der Waals surface area contributed by atoms with Crippen molar-refractivity contribution < 1.29 is 22.0 Å². The summed E-state index contributed by atoms with van der Waals surface area (Å²) in [7, 11) is -2.30. The van der Waals surface area contributed by atoms with Crippen LogP contribution >= 0.6 is 0 Å². The normalized spacial score (nSPS) is 11.5. The SMILES string of the molecule is CN(CCCC(=O)NCc1ccc(F)cc1)S(=O)(=O)c1ccc(F)cc1. The summed E-state index contributed by atoms with van der Waals surface area (Å²) in [5.74, 6) is -1.07. The van der Waals surface area contributed by atoms with Gasteiger partial charge in [0, 0.05) is 26.6 Å². The van der Waals surface area contributed by atoms with Gasteiger partial charge >= 0.3 is 0 Å². The predicted octanol–water partition coefficient (Wildman–Crippen LogP) is 2.68. The molecule has 26 heavy (non-hydrogen) atoms. The summed E-state index contributed by atoms with van der Waals surface area (Å²) >= 11 is 0. The molecule has 0 aromatic heterocycles. The monoisotopic (exact) mass is 382 g/mol. The largest absolute Gasteiger partial charge is 0.352 e. The van der Waals surface area contributed by atoms with Gasteiger partial charge in [0.2, 0.25) is 15.9 Å². The van der Waals surface area contributed by atoms with E-state index in [9.17, 15) is 22.0 Å². The van der Waals surface area contributed by atoms with Gasteiger partial charge in [-0.15, -0.1) is 0 Å². The van der Waals surface area contributed by atoms with Gasteiger partial charge in [0.25, 0.3) is 0 Å². The first-order chi connectivity index (χ1) is 12.3. The van der Waals surface area contributed by atoms with Crippen LogP contribution < -0.4 is 5.32 Å². The first-order valence-corrected chi connectivity index (χ1v) is 9.46. The standard InChI is InChI=1S/C18H20F2N2O3S/c1-22(26(24,25)17-10-8-16(20)9-11-17)12-2-3-18(23)21-13-14-4-6-15(19)7-5-14/h4-11H,2-3,12-13H2,1H3,(H,21,23). The fraction of sp³-hybridized carbons (Fsp3) is 0.278. The van der Waals surface area contributed by atoms with Gasteiger partial charge in [-0.05, 0) is 48.4 Å². The molecule has 140 valence electrons. The molecule has 0 aliphatic carbocycles. The first-order valence-electron chi connectivity index (χ1n) is 8.02. The van der Waals surface area contributed by atoms with Gasteiger partial charge in [0.1, 0.15) is 11.6 Å². The lowest BCUT2D eigenvalue weighted by atomic mass is 10.2. The highest BCUT2D eigenvalue weighted by atomic mass is 32.2. The van der Waals surface area contributed by atoms with Crippen molar-refractivity contribution in [1.29, 1.82) is 0 Å². The maximum absolute atomic E-state index is 12.9. The van der Waals surface area contributed by atoms with Crippen LogP contribution in [0, 0.1) is 11.6 Å². The Kier molecular flexibility index (Phi) is 6.82. The molecular weight excluding hydrogens is 362 g/mol. The van der Waals surface area contributed by atoms with Crippen LogP contribution in [0.1, 0.15) is 18.4 Å². The van der Waals surface area contributed by atoms with Crippen LogP contribution in [0.5, 0.6) is 0 Å². The average molecular weight is 382 g/mol. The Balaban J connectivity index is 1.78. The molecule has 2 aromatic carbocycles. The van der Waals surface area contributed by atoms with E-state index in [1.165, 1.54) is 31.3 Å². The third kappa shape index (κ3) is 5.60. The minimum atomic E-state index is -3.71. The summed E-state index contributed by atoms with van der Waals surface area (Å²) in [4.78, 5) is 11.8. The molecule has 2 aromatic rings. The lowest BCUT2D eigenvalue weighted by Crippen LogP contribution is -2.29. The molecule has 0 aliphatic heterocycles. The molecule has 0 bridgehead atoms.